The number of Topliss-reactive ketones (excluding diaryl/α,β-unsaturated/α-hetero) is 3. The van der Waals surface area contributed by atoms with Crippen molar-refractivity contribution in [2.45, 2.75) is 65.0 Å². The molecule has 0 bridgehead atoms. The molecule has 3 aromatic carbocycles. The van der Waals surface area contributed by atoms with E-state index in [4.69, 9.17) is 5.73 Å². The maximum Gasteiger partial charge on any atom is 0.290 e. The quantitative estimate of drug-likeness (QED) is 0.195. The highest BCUT2D eigenvalue weighted by molar-refractivity contribution is 6.38. The number of ketones is 3. The van der Waals surface area contributed by atoms with Crippen molar-refractivity contribution in [3.8, 4) is 0 Å². The van der Waals surface area contributed by atoms with Crippen LogP contribution < -0.4 is 16.4 Å². The lowest BCUT2D eigenvalue weighted by molar-refractivity contribution is -0.141. The van der Waals surface area contributed by atoms with E-state index in [1.54, 1.807) is 60.7 Å². The van der Waals surface area contributed by atoms with Crippen molar-refractivity contribution in [3.05, 3.63) is 107 Å². The summed E-state index contributed by atoms with van der Waals surface area (Å²) in [4.78, 5) is 77.7. The fraction of sp³-hybridized carbons (Fsp3) is 0.333. The zero-order valence-electron chi connectivity index (χ0n) is 26.3. The van der Waals surface area contributed by atoms with E-state index >= 15 is 0 Å². The Labute approximate surface area is 268 Å². The van der Waals surface area contributed by atoms with Crippen LogP contribution in [-0.4, -0.2) is 47.2 Å². The monoisotopic (exact) mass is 629 g/mol. The van der Waals surface area contributed by atoms with Gasteiger partial charge in [-0.15, -0.1) is 0 Å². The third kappa shape index (κ3) is 10.6. The molecule has 0 heterocycles. The molecule has 0 aliphatic rings. The summed E-state index contributed by atoms with van der Waals surface area (Å²) >= 11 is 0. The van der Waals surface area contributed by atoms with Crippen LogP contribution in [0.4, 0.5) is 4.39 Å². The summed E-state index contributed by atoms with van der Waals surface area (Å²) in [6, 6.07) is 21.2. The molecule has 3 rings (SSSR count). The standard InChI is InChI=1S/C36H40FN3O6/c1-23(32(43)34(45)40-30(19-25-14-8-5-9-15-25)31(42)22-36(2,3)35(38)46)39-33(44)27(20-26-16-10-11-17-29(26)37)21-28(41)18-24-12-6-4-7-13-24/h4-17,23,27,30H,18-22H2,1-3H3,(H2,38,46)(H,39,44)(H,40,45)/t23?,27-,30+/m1/s1. The van der Waals surface area contributed by atoms with Crippen LogP contribution in [0, 0.1) is 17.2 Å². The number of primary amides is 1. The van der Waals surface area contributed by atoms with Crippen LogP contribution in [0.2, 0.25) is 0 Å². The van der Waals surface area contributed by atoms with Crippen LogP contribution in [0.5, 0.6) is 0 Å². The van der Waals surface area contributed by atoms with Gasteiger partial charge in [-0.3, -0.25) is 28.8 Å². The number of hydrogen-bond acceptors (Lipinski definition) is 6. The molecule has 242 valence electrons. The summed E-state index contributed by atoms with van der Waals surface area (Å²) in [6.45, 7) is 4.34. The SMILES string of the molecule is CC(NC(=O)[C@@H](CC(=O)Cc1ccccc1)Cc1ccccc1F)C(=O)C(=O)N[C@@H](Cc1ccccc1)C(=O)CC(C)(C)C(N)=O. The molecule has 3 atom stereocenters. The van der Waals surface area contributed by atoms with E-state index in [-0.39, 0.29) is 43.5 Å². The summed E-state index contributed by atoms with van der Waals surface area (Å²) in [7, 11) is 0. The summed E-state index contributed by atoms with van der Waals surface area (Å²) in [6.07, 6.45) is -0.457. The fourth-order valence-electron chi connectivity index (χ4n) is 4.92. The van der Waals surface area contributed by atoms with E-state index < -0.39 is 58.5 Å². The molecule has 1 unspecified atom stereocenters. The molecule has 9 nitrogen and oxygen atoms in total. The summed E-state index contributed by atoms with van der Waals surface area (Å²) in [5.41, 5.74) is 5.96. The Kier molecular flexibility index (Phi) is 12.6. The van der Waals surface area contributed by atoms with Crippen molar-refractivity contribution >= 4 is 35.1 Å². The van der Waals surface area contributed by atoms with Gasteiger partial charge >= 0.3 is 0 Å². The van der Waals surface area contributed by atoms with E-state index in [2.05, 4.69) is 10.6 Å². The molecule has 46 heavy (non-hydrogen) atoms. The molecule has 0 saturated carbocycles. The molecule has 0 aliphatic carbocycles. The first kappa shape index (κ1) is 35.5. The molecule has 0 fully saturated rings. The normalized spacial score (nSPS) is 13.1. The van der Waals surface area contributed by atoms with Crippen LogP contribution in [0.15, 0.2) is 84.9 Å². The van der Waals surface area contributed by atoms with Crippen molar-refractivity contribution in [1.82, 2.24) is 10.6 Å². The van der Waals surface area contributed by atoms with Crippen molar-refractivity contribution in [2.75, 3.05) is 0 Å². The van der Waals surface area contributed by atoms with Gasteiger partial charge in [0.25, 0.3) is 5.91 Å². The summed E-state index contributed by atoms with van der Waals surface area (Å²) in [5, 5.41) is 4.98. The van der Waals surface area contributed by atoms with Gasteiger partial charge in [-0.05, 0) is 42.5 Å². The second-order valence-electron chi connectivity index (χ2n) is 12.1. The van der Waals surface area contributed by atoms with E-state index in [1.165, 1.54) is 39.0 Å². The molecule has 0 saturated heterocycles. The molecule has 10 heteroatoms. The summed E-state index contributed by atoms with van der Waals surface area (Å²) < 4.78 is 14.5. The number of carbonyl (C=O) groups is 6. The number of halogens is 1. The van der Waals surface area contributed by atoms with Crippen LogP contribution in [0.25, 0.3) is 0 Å². The molecule has 0 aromatic heterocycles. The van der Waals surface area contributed by atoms with E-state index in [9.17, 15) is 33.2 Å². The zero-order chi connectivity index (χ0) is 33.9. The van der Waals surface area contributed by atoms with Crippen molar-refractivity contribution in [3.63, 3.8) is 0 Å². The third-order valence-corrected chi connectivity index (χ3v) is 7.75. The molecular formula is C36H40FN3O6. The second-order valence-corrected chi connectivity index (χ2v) is 12.1. The number of nitrogens with two attached hydrogens (primary N) is 1. The van der Waals surface area contributed by atoms with Gasteiger partial charge < -0.3 is 16.4 Å². The maximum absolute atomic E-state index is 14.5. The van der Waals surface area contributed by atoms with Gasteiger partial charge in [0.2, 0.25) is 17.6 Å². The average Bonchev–Trinajstić information content (AvgIpc) is 3.01. The van der Waals surface area contributed by atoms with Crippen LogP contribution in [0.3, 0.4) is 0 Å². The van der Waals surface area contributed by atoms with E-state index in [0.29, 0.717) is 5.56 Å². The van der Waals surface area contributed by atoms with Gasteiger partial charge in [0, 0.05) is 25.2 Å². The van der Waals surface area contributed by atoms with Crippen molar-refractivity contribution < 1.29 is 33.2 Å². The van der Waals surface area contributed by atoms with Gasteiger partial charge in [0.05, 0.1) is 17.5 Å². The predicted octanol–water partition coefficient (Wildman–Crippen LogP) is 3.46. The largest absolute Gasteiger partial charge is 0.369 e. The highest BCUT2D eigenvalue weighted by Gasteiger charge is 2.34. The number of carbonyl (C=O) groups excluding carboxylic acids is 6. The second kappa shape index (κ2) is 16.4. The first-order valence-electron chi connectivity index (χ1n) is 15.1. The highest BCUT2D eigenvalue weighted by atomic mass is 19.1. The minimum atomic E-state index is -1.32. The first-order valence-corrected chi connectivity index (χ1v) is 15.1. The Bertz CT molecular complexity index is 1560. The fourth-order valence-corrected chi connectivity index (χ4v) is 4.92. The van der Waals surface area contributed by atoms with Crippen molar-refractivity contribution in [1.29, 1.82) is 0 Å². The highest BCUT2D eigenvalue weighted by Crippen LogP contribution is 2.22. The van der Waals surface area contributed by atoms with Gasteiger partial charge in [0.1, 0.15) is 11.6 Å². The van der Waals surface area contributed by atoms with Crippen molar-refractivity contribution in [2.24, 2.45) is 17.1 Å². The number of rotatable bonds is 17. The smallest absolute Gasteiger partial charge is 0.290 e. The third-order valence-electron chi connectivity index (χ3n) is 7.75. The molecule has 0 aliphatic heterocycles. The van der Waals surface area contributed by atoms with Gasteiger partial charge in [-0.25, -0.2) is 4.39 Å². The van der Waals surface area contributed by atoms with E-state index in [1.807, 2.05) is 6.07 Å². The van der Waals surface area contributed by atoms with Crippen LogP contribution in [0.1, 0.15) is 50.3 Å². The lowest BCUT2D eigenvalue weighted by Crippen LogP contribution is -2.52. The maximum atomic E-state index is 14.5. The minimum absolute atomic E-state index is 0.0581. The van der Waals surface area contributed by atoms with Gasteiger partial charge in [-0.1, -0.05) is 92.7 Å². The average molecular weight is 630 g/mol. The zero-order valence-corrected chi connectivity index (χ0v) is 26.3. The Morgan fingerprint density at radius 1 is 0.783 bits per heavy atom. The van der Waals surface area contributed by atoms with Crippen LogP contribution >= 0.6 is 0 Å². The predicted molar refractivity (Wildman–Crippen MR) is 171 cm³/mol. The molecule has 4 N–H and O–H groups in total. The molecule has 3 amide bonds. The van der Waals surface area contributed by atoms with E-state index in [0.717, 1.165) is 5.56 Å². The van der Waals surface area contributed by atoms with Gasteiger partial charge in [0.15, 0.2) is 5.78 Å². The lowest BCUT2D eigenvalue weighted by Gasteiger charge is -2.24. The Morgan fingerprint density at radius 3 is 1.93 bits per heavy atom. The number of amides is 3. The molecule has 3 aromatic rings. The number of benzene rings is 3. The van der Waals surface area contributed by atoms with Crippen LogP contribution in [-0.2, 0) is 48.0 Å². The Morgan fingerprint density at radius 2 is 1.35 bits per heavy atom. The molecule has 0 spiro atoms. The minimum Gasteiger partial charge on any atom is -0.369 e. The topological polar surface area (TPSA) is 152 Å². The molecule has 0 radical (unpaired) electrons. The number of nitrogens with one attached hydrogen (secondary N) is 2. The Balaban J connectivity index is 1.73. The number of hydrogen-bond donors (Lipinski definition) is 3. The molecular weight excluding hydrogens is 589 g/mol. The summed E-state index contributed by atoms with van der Waals surface area (Å²) in [5.74, 6) is -5.81. The first-order chi connectivity index (χ1) is 21.8. The lowest BCUT2D eigenvalue weighted by atomic mass is 9.84. The Hall–Kier alpha value is -4.99. The van der Waals surface area contributed by atoms with Gasteiger partial charge in [-0.2, -0.15) is 0 Å².